The second-order valence-electron chi connectivity index (χ2n) is 10.5. The average molecular weight is 539 g/mol. The lowest BCUT2D eigenvalue weighted by Gasteiger charge is -2.27. The lowest BCUT2D eigenvalue weighted by Crippen LogP contribution is -2.35. The Morgan fingerprint density at radius 2 is 1.74 bits per heavy atom. The average Bonchev–Trinajstić information content (AvgIpc) is 3.17. The summed E-state index contributed by atoms with van der Waals surface area (Å²) >= 11 is 0. The van der Waals surface area contributed by atoms with E-state index < -0.39 is 17.7 Å². The van der Waals surface area contributed by atoms with Crippen LogP contribution in [0, 0.1) is 5.92 Å². The Kier molecular flexibility index (Phi) is 10.8. The predicted octanol–water partition coefficient (Wildman–Crippen LogP) is 5.28. The third-order valence-corrected chi connectivity index (χ3v) is 6.55. The molecule has 1 aliphatic rings. The Hall–Kier alpha value is -3.52. The van der Waals surface area contributed by atoms with Gasteiger partial charge < -0.3 is 29.1 Å². The van der Waals surface area contributed by atoms with Crippen LogP contribution >= 0.6 is 0 Å². The molecule has 212 valence electrons. The van der Waals surface area contributed by atoms with Crippen LogP contribution in [-0.2, 0) is 9.59 Å². The molecule has 1 aliphatic heterocycles. The van der Waals surface area contributed by atoms with Gasteiger partial charge in [0.15, 0.2) is 11.5 Å². The molecule has 1 N–H and O–H groups in total. The van der Waals surface area contributed by atoms with Gasteiger partial charge in [-0.25, -0.2) is 0 Å². The van der Waals surface area contributed by atoms with Crippen molar-refractivity contribution in [3.05, 3.63) is 59.2 Å². The fourth-order valence-electron chi connectivity index (χ4n) is 4.40. The highest BCUT2D eigenvalue weighted by molar-refractivity contribution is 6.46. The number of ether oxygens (including phenoxy) is 3. The van der Waals surface area contributed by atoms with Crippen molar-refractivity contribution in [1.82, 2.24) is 9.80 Å². The number of ketones is 1. The number of likely N-dealkylation sites (N-methyl/N-ethyl adjacent to an activating group) is 1. The number of likely N-dealkylation sites (tertiary alicyclic amines) is 1. The molecule has 1 atom stereocenters. The summed E-state index contributed by atoms with van der Waals surface area (Å²) in [6.07, 6.45) is 3.11. The lowest BCUT2D eigenvalue weighted by atomic mass is 9.95. The zero-order valence-corrected chi connectivity index (χ0v) is 24.0. The summed E-state index contributed by atoms with van der Waals surface area (Å²) < 4.78 is 17.3. The molecule has 2 aromatic carbocycles. The van der Waals surface area contributed by atoms with E-state index in [0.717, 1.165) is 19.3 Å². The van der Waals surface area contributed by atoms with E-state index in [-0.39, 0.29) is 11.3 Å². The molecule has 3 rings (SSSR count). The van der Waals surface area contributed by atoms with Crippen LogP contribution in [0.4, 0.5) is 0 Å². The maximum Gasteiger partial charge on any atom is 0.295 e. The Labute approximate surface area is 232 Å². The molecule has 0 saturated carbocycles. The van der Waals surface area contributed by atoms with Crippen LogP contribution in [0.25, 0.3) is 5.76 Å². The van der Waals surface area contributed by atoms with Gasteiger partial charge in [-0.05, 0) is 68.4 Å². The molecular formula is C31H42N2O6. The summed E-state index contributed by atoms with van der Waals surface area (Å²) in [4.78, 5) is 30.0. The van der Waals surface area contributed by atoms with Gasteiger partial charge in [-0.3, -0.25) is 9.59 Å². The number of amides is 1. The van der Waals surface area contributed by atoms with E-state index in [1.807, 2.05) is 25.1 Å². The summed E-state index contributed by atoms with van der Waals surface area (Å²) in [5.74, 6) is 0.576. The minimum Gasteiger partial charge on any atom is -0.507 e. The van der Waals surface area contributed by atoms with Gasteiger partial charge in [-0.1, -0.05) is 39.7 Å². The highest BCUT2D eigenvalue weighted by atomic mass is 16.5. The highest BCUT2D eigenvalue weighted by Crippen LogP contribution is 2.42. The zero-order chi connectivity index (χ0) is 28.5. The Morgan fingerprint density at radius 1 is 1.03 bits per heavy atom. The molecule has 1 saturated heterocycles. The summed E-state index contributed by atoms with van der Waals surface area (Å²) in [5, 5.41) is 11.4. The quantitative estimate of drug-likeness (QED) is 0.151. The molecule has 8 heteroatoms. The Bertz CT molecular complexity index is 1160. The number of hydrogen-bond acceptors (Lipinski definition) is 7. The first-order valence-electron chi connectivity index (χ1n) is 13.6. The molecule has 0 aromatic heterocycles. The highest BCUT2D eigenvalue weighted by Gasteiger charge is 2.46. The first-order valence-corrected chi connectivity index (χ1v) is 13.6. The lowest BCUT2D eigenvalue weighted by molar-refractivity contribution is -0.140. The van der Waals surface area contributed by atoms with Crippen LogP contribution in [0.3, 0.4) is 0 Å². The third kappa shape index (κ3) is 7.53. The van der Waals surface area contributed by atoms with Gasteiger partial charge in [-0.2, -0.15) is 0 Å². The number of benzene rings is 2. The number of aliphatic hydroxyl groups is 1. The van der Waals surface area contributed by atoms with E-state index >= 15 is 0 Å². The van der Waals surface area contributed by atoms with Crippen molar-refractivity contribution >= 4 is 17.4 Å². The number of methoxy groups -OCH3 is 1. The fourth-order valence-corrected chi connectivity index (χ4v) is 4.40. The van der Waals surface area contributed by atoms with E-state index in [4.69, 9.17) is 14.2 Å². The van der Waals surface area contributed by atoms with Crippen LogP contribution < -0.4 is 14.2 Å². The largest absolute Gasteiger partial charge is 0.507 e. The van der Waals surface area contributed by atoms with Crippen molar-refractivity contribution in [3.8, 4) is 17.2 Å². The number of nitrogens with zero attached hydrogens (tertiary/aromatic N) is 2. The van der Waals surface area contributed by atoms with E-state index in [1.54, 1.807) is 43.5 Å². The summed E-state index contributed by atoms with van der Waals surface area (Å²) in [6.45, 7) is 8.28. The Morgan fingerprint density at radius 3 is 2.36 bits per heavy atom. The van der Waals surface area contributed by atoms with Crippen LogP contribution in [0.5, 0.6) is 17.2 Å². The smallest absolute Gasteiger partial charge is 0.295 e. The minimum atomic E-state index is -0.773. The first-order chi connectivity index (χ1) is 18.7. The number of Topliss-reactive ketones (excluding diaryl/α,β-unsaturated/α-hetero) is 1. The van der Waals surface area contributed by atoms with Crippen molar-refractivity contribution < 1.29 is 28.9 Å². The number of aliphatic hydroxyl groups excluding tert-OH is 1. The van der Waals surface area contributed by atoms with Crippen molar-refractivity contribution in [2.24, 2.45) is 5.92 Å². The molecule has 1 amide bonds. The van der Waals surface area contributed by atoms with E-state index in [2.05, 4.69) is 20.8 Å². The summed E-state index contributed by atoms with van der Waals surface area (Å²) in [5.41, 5.74) is 1.14. The maximum absolute atomic E-state index is 13.3. The SMILES string of the molecule is CCCCCOc1ccc(C2C(=C(O)c3ccc(OCC(C)C)cc3)C(=O)C(=O)N2CCN(C)C)cc1OC. The molecule has 1 fully saturated rings. The molecule has 0 spiro atoms. The number of carbonyl (C=O) groups is 2. The van der Waals surface area contributed by atoms with Gasteiger partial charge in [0.2, 0.25) is 0 Å². The van der Waals surface area contributed by atoms with E-state index in [1.165, 1.54) is 4.90 Å². The third-order valence-electron chi connectivity index (χ3n) is 6.55. The minimum absolute atomic E-state index is 0.0493. The fraction of sp³-hybridized carbons (Fsp3) is 0.484. The van der Waals surface area contributed by atoms with Crippen molar-refractivity contribution in [2.75, 3.05) is 47.5 Å². The molecule has 2 aromatic rings. The number of unbranched alkanes of at least 4 members (excludes halogenated alkanes) is 2. The second-order valence-corrected chi connectivity index (χ2v) is 10.5. The number of rotatable bonds is 14. The van der Waals surface area contributed by atoms with Crippen LogP contribution in [0.1, 0.15) is 57.2 Å². The predicted molar refractivity (Wildman–Crippen MR) is 152 cm³/mol. The van der Waals surface area contributed by atoms with Gasteiger partial charge >= 0.3 is 0 Å². The molecule has 39 heavy (non-hydrogen) atoms. The van der Waals surface area contributed by atoms with Crippen LogP contribution in [-0.4, -0.2) is 74.1 Å². The van der Waals surface area contributed by atoms with Crippen LogP contribution in [0.15, 0.2) is 48.0 Å². The van der Waals surface area contributed by atoms with E-state index in [9.17, 15) is 14.7 Å². The molecule has 0 aliphatic carbocycles. The monoisotopic (exact) mass is 538 g/mol. The van der Waals surface area contributed by atoms with Gasteiger partial charge in [0, 0.05) is 18.7 Å². The summed E-state index contributed by atoms with van der Waals surface area (Å²) in [7, 11) is 5.37. The molecule has 0 radical (unpaired) electrons. The topological polar surface area (TPSA) is 88.5 Å². The normalized spacial score (nSPS) is 16.8. The van der Waals surface area contributed by atoms with Crippen molar-refractivity contribution in [2.45, 2.75) is 46.1 Å². The van der Waals surface area contributed by atoms with Crippen molar-refractivity contribution in [3.63, 3.8) is 0 Å². The van der Waals surface area contributed by atoms with Gasteiger partial charge in [0.05, 0.1) is 31.9 Å². The van der Waals surface area contributed by atoms with E-state index in [0.29, 0.717) is 60.6 Å². The molecule has 0 bridgehead atoms. The first kappa shape index (κ1) is 30.0. The molecular weight excluding hydrogens is 496 g/mol. The standard InChI is InChI=1S/C31H42N2O6/c1-7-8-9-18-38-25-15-12-23(19-26(25)37-6)28-27(30(35)31(36)33(28)17-16-32(4)5)29(34)22-10-13-24(14-11-22)39-20-21(2)3/h10-15,19,21,28,34H,7-9,16-18,20H2,1-6H3. The Balaban J connectivity index is 2.02. The van der Waals surface area contributed by atoms with Crippen molar-refractivity contribution in [1.29, 1.82) is 0 Å². The van der Waals surface area contributed by atoms with Crippen LogP contribution in [0.2, 0.25) is 0 Å². The molecule has 1 unspecified atom stereocenters. The summed E-state index contributed by atoms with van der Waals surface area (Å²) in [6, 6.07) is 11.5. The maximum atomic E-state index is 13.3. The number of hydrogen-bond donors (Lipinski definition) is 1. The molecule has 8 nitrogen and oxygen atoms in total. The van der Waals surface area contributed by atoms with Gasteiger partial charge in [0.1, 0.15) is 11.5 Å². The second kappa shape index (κ2) is 14.0. The van der Waals surface area contributed by atoms with Gasteiger partial charge in [0.25, 0.3) is 11.7 Å². The zero-order valence-electron chi connectivity index (χ0n) is 24.0. The number of carbonyl (C=O) groups excluding carboxylic acids is 2. The van der Waals surface area contributed by atoms with Gasteiger partial charge in [-0.15, -0.1) is 0 Å². The molecule has 1 heterocycles.